The molecule has 2 atom stereocenters. The van der Waals surface area contributed by atoms with Crippen LogP contribution in [-0.4, -0.2) is 36.3 Å². The topological polar surface area (TPSA) is 131 Å². The average molecular weight is 302 g/mol. The molecule has 0 fully saturated rings. The lowest BCUT2D eigenvalue weighted by Crippen LogP contribution is -2.28. The van der Waals surface area contributed by atoms with Crippen molar-refractivity contribution >= 4 is 12.2 Å². The fourth-order valence-electron chi connectivity index (χ4n) is 1.67. The predicted octanol–water partition coefficient (Wildman–Crippen LogP) is 2.24. The molecule has 0 saturated heterocycles. The van der Waals surface area contributed by atoms with Gasteiger partial charge in [-0.15, -0.1) is 0 Å². The zero-order valence-electron chi connectivity index (χ0n) is 12.7. The summed E-state index contributed by atoms with van der Waals surface area (Å²) in [5.41, 5.74) is -2.27. The van der Waals surface area contributed by atoms with Crippen LogP contribution in [0.25, 0.3) is 0 Å². The van der Waals surface area contributed by atoms with Crippen molar-refractivity contribution in [3.63, 3.8) is 0 Å². The highest BCUT2D eigenvalue weighted by Gasteiger charge is 2.32. The number of carbonyl (C=O) groups excluding carboxylic acids is 2. The molecule has 0 amide bonds. The van der Waals surface area contributed by atoms with Crippen LogP contribution in [-0.2, 0) is 9.59 Å². The van der Waals surface area contributed by atoms with E-state index >= 15 is 0 Å². The number of nitrogens with zero attached hydrogens (tertiary/aromatic N) is 6. The second-order valence-corrected chi connectivity index (χ2v) is 4.64. The Morgan fingerprint density at radius 2 is 1.18 bits per heavy atom. The van der Waals surface area contributed by atoms with E-state index in [-0.39, 0.29) is 25.9 Å². The number of hydrogen-bond donors (Lipinski definition) is 0. The summed E-state index contributed by atoms with van der Waals surface area (Å²) < 4.78 is 0. The van der Waals surface area contributed by atoms with Gasteiger partial charge < -0.3 is 0 Å². The summed E-state index contributed by atoms with van der Waals surface area (Å²) in [7, 11) is 0. The van der Waals surface area contributed by atoms with Gasteiger partial charge in [-0.1, -0.05) is 13.8 Å². The average Bonchev–Trinajstić information content (AvgIpc) is 2.57. The molecule has 0 aliphatic carbocycles. The molecule has 0 N–H and O–H groups in total. The normalized spacial score (nSPS) is 15.5. The number of rotatable bonds is 10. The lowest BCUT2D eigenvalue weighted by molar-refractivity contribution is 0.403. The summed E-state index contributed by atoms with van der Waals surface area (Å²) in [5, 5.41) is 26.8. The molecule has 8 nitrogen and oxygen atoms in total. The van der Waals surface area contributed by atoms with Crippen LogP contribution in [0.5, 0.6) is 0 Å². The molecule has 0 rings (SSSR count). The first-order valence-corrected chi connectivity index (χ1v) is 6.91. The van der Waals surface area contributed by atoms with Gasteiger partial charge in [0, 0.05) is 12.8 Å². The van der Waals surface area contributed by atoms with Gasteiger partial charge in [-0.05, 0) is 12.8 Å². The summed E-state index contributed by atoms with van der Waals surface area (Å²) >= 11 is 0. The molecule has 0 aromatic carbocycles. The van der Waals surface area contributed by atoms with Crippen LogP contribution < -0.4 is 0 Å². The van der Waals surface area contributed by atoms with E-state index < -0.39 is 11.1 Å². The molecule has 0 saturated carbocycles. The molecule has 0 aromatic rings. The molecule has 0 aliphatic rings. The second-order valence-electron chi connectivity index (χ2n) is 4.64. The van der Waals surface area contributed by atoms with E-state index in [2.05, 4.69) is 32.4 Å². The van der Waals surface area contributed by atoms with Gasteiger partial charge in [0.25, 0.3) is 0 Å². The van der Waals surface area contributed by atoms with Gasteiger partial charge in [-0.3, -0.25) is 0 Å². The first-order chi connectivity index (χ1) is 10.6. The SMILES string of the molecule is CCC(C#N)(CCN=C=O)N=NC(C#N)(CC)CCN=C=O. The molecule has 8 heteroatoms. The smallest absolute Gasteiger partial charge is 0.211 e. The van der Waals surface area contributed by atoms with E-state index in [0.717, 1.165) is 0 Å². The first-order valence-electron chi connectivity index (χ1n) is 6.91. The Morgan fingerprint density at radius 3 is 1.41 bits per heavy atom. The molecular weight excluding hydrogens is 284 g/mol. The number of nitriles is 2. The van der Waals surface area contributed by atoms with E-state index in [4.69, 9.17) is 0 Å². The minimum atomic E-state index is -1.13. The zero-order valence-corrected chi connectivity index (χ0v) is 12.7. The molecule has 116 valence electrons. The molecule has 22 heavy (non-hydrogen) atoms. The third kappa shape index (κ3) is 5.76. The van der Waals surface area contributed by atoms with Crippen LogP contribution in [0, 0.1) is 22.7 Å². The highest BCUT2D eigenvalue weighted by molar-refractivity contribution is 5.33. The molecule has 2 unspecified atom stereocenters. The molecule has 0 spiro atoms. The number of aliphatic imine (C=N–C) groups is 2. The summed E-state index contributed by atoms with van der Waals surface area (Å²) in [4.78, 5) is 27.1. The Kier molecular flexibility index (Phi) is 8.90. The van der Waals surface area contributed by atoms with Crippen LogP contribution in [0.15, 0.2) is 20.2 Å². The Morgan fingerprint density at radius 1 is 0.818 bits per heavy atom. The van der Waals surface area contributed by atoms with Crippen molar-refractivity contribution in [1.82, 2.24) is 0 Å². The van der Waals surface area contributed by atoms with Crippen molar-refractivity contribution in [2.45, 2.75) is 50.6 Å². The van der Waals surface area contributed by atoms with E-state index in [9.17, 15) is 20.1 Å². The largest absolute Gasteiger partial charge is 0.234 e. The van der Waals surface area contributed by atoms with Gasteiger partial charge in [-0.25, -0.2) is 19.6 Å². The molecular formula is C14H18N6O2. The molecule has 0 bridgehead atoms. The fourth-order valence-corrected chi connectivity index (χ4v) is 1.67. The molecule has 0 aliphatic heterocycles. The van der Waals surface area contributed by atoms with Gasteiger partial charge >= 0.3 is 0 Å². The fraction of sp³-hybridized carbons (Fsp3) is 0.714. The van der Waals surface area contributed by atoms with E-state index in [1.54, 1.807) is 13.8 Å². The Hall–Kier alpha value is -2.66. The molecule has 0 radical (unpaired) electrons. The summed E-state index contributed by atoms with van der Waals surface area (Å²) in [5.74, 6) is 0. The molecule has 0 heterocycles. The standard InChI is InChI=1S/C14H18N6O2/c1-3-13(9-15,5-7-17-11-21)19-20-14(4-2,10-16)6-8-18-12-22/h3-8H2,1-2H3. The van der Waals surface area contributed by atoms with Crippen LogP contribution >= 0.6 is 0 Å². The van der Waals surface area contributed by atoms with Crippen LogP contribution in [0.1, 0.15) is 39.5 Å². The third-order valence-corrected chi connectivity index (χ3v) is 3.42. The van der Waals surface area contributed by atoms with Crippen LogP contribution in [0.3, 0.4) is 0 Å². The predicted molar refractivity (Wildman–Crippen MR) is 77.3 cm³/mol. The third-order valence-electron chi connectivity index (χ3n) is 3.42. The Labute approximate surface area is 129 Å². The van der Waals surface area contributed by atoms with E-state index in [1.165, 1.54) is 12.2 Å². The van der Waals surface area contributed by atoms with Gasteiger partial charge in [0.15, 0.2) is 11.1 Å². The van der Waals surface area contributed by atoms with Crippen molar-refractivity contribution in [3.05, 3.63) is 0 Å². The maximum absolute atomic E-state index is 10.1. The number of azo groups is 1. The number of isocyanates is 2. The van der Waals surface area contributed by atoms with Crippen molar-refractivity contribution in [2.75, 3.05) is 13.1 Å². The minimum absolute atomic E-state index is 0.116. The van der Waals surface area contributed by atoms with Gasteiger partial charge in [0.1, 0.15) is 0 Å². The Balaban J connectivity index is 5.31. The van der Waals surface area contributed by atoms with E-state index in [1.807, 2.05) is 0 Å². The second kappa shape index (κ2) is 10.1. The highest BCUT2D eigenvalue weighted by Crippen LogP contribution is 2.26. The van der Waals surface area contributed by atoms with Crippen LogP contribution in [0.4, 0.5) is 0 Å². The van der Waals surface area contributed by atoms with Gasteiger partial charge in [0.05, 0.1) is 25.2 Å². The maximum Gasteiger partial charge on any atom is 0.234 e. The molecule has 0 aromatic heterocycles. The van der Waals surface area contributed by atoms with Crippen molar-refractivity contribution < 1.29 is 9.59 Å². The van der Waals surface area contributed by atoms with E-state index in [0.29, 0.717) is 12.8 Å². The van der Waals surface area contributed by atoms with Gasteiger partial charge in [0.2, 0.25) is 12.2 Å². The van der Waals surface area contributed by atoms with Crippen molar-refractivity contribution in [2.24, 2.45) is 20.2 Å². The lowest BCUT2D eigenvalue weighted by atomic mass is 9.93. The summed E-state index contributed by atoms with van der Waals surface area (Å²) in [6, 6.07) is 4.13. The van der Waals surface area contributed by atoms with Crippen molar-refractivity contribution in [3.8, 4) is 12.1 Å². The summed E-state index contributed by atoms with van der Waals surface area (Å²) in [6.45, 7) is 3.77. The number of hydrogen-bond acceptors (Lipinski definition) is 8. The monoisotopic (exact) mass is 302 g/mol. The quantitative estimate of drug-likeness (QED) is 0.347. The van der Waals surface area contributed by atoms with Crippen molar-refractivity contribution in [1.29, 1.82) is 10.5 Å². The highest BCUT2D eigenvalue weighted by atomic mass is 16.1. The lowest BCUT2D eigenvalue weighted by Gasteiger charge is -2.22. The minimum Gasteiger partial charge on any atom is -0.211 e. The first kappa shape index (κ1) is 19.3. The Bertz CT molecular complexity index is 513. The van der Waals surface area contributed by atoms with Gasteiger partial charge in [-0.2, -0.15) is 20.8 Å². The summed E-state index contributed by atoms with van der Waals surface area (Å²) in [6.07, 6.45) is 4.00. The maximum atomic E-state index is 10.1. The zero-order chi connectivity index (χ0) is 16.9. The van der Waals surface area contributed by atoms with Crippen LogP contribution in [0.2, 0.25) is 0 Å².